The number of sulfonamides is 1. The monoisotopic (exact) mass is 330 g/mol. The second-order valence-corrected chi connectivity index (χ2v) is 8.62. The van der Waals surface area contributed by atoms with E-state index in [0.717, 1.165) is 6.42 Å². The van der Waals surface area contributed by atoms with Crippen molar-refractivity contribution in [2.24, 2.45) is 5.41 Å². The SMILES string of the molecule is CCNc1nc2sccn2c1S(=O)(=O)NCCC(C)(C)C. The summed E-state index contributed by atoms with van der Waals surface area (Å²) >= 11 is 1.41. The van der Waals surface area contributed by atoms with Crippen molar-refractivity contribution in [3.63, 3.8) is 0 Å². The molecule has 0 aliphatic rings. The Morgan fingerprint density at radius 1 is 1.38 bits per heavy atom. The van der Waals surface area contributed by atoms with Crippen molar-refractivity contribution in [3.05, 3.63) is 11.6 Å². The summed E-state index contributed by atoms with van der Waals surface area (Å²) in [5.74, 6) is 0.410. The van der Waals surface area contributed by atoms with E-state index in [9.17, 15) is 8.42 Å². The fraction of sp³-hybridized carbons (Fsp3) is 0.615. The van der Waals surface area contributed by atoms with Gasteiger partial charge < -0.3 is 5.32 Å². The molecule has 0 radical (unpaired) electrons. The molecule has 0 aliphatic heterocycles. The first-order chi connectivity index (χ1) is 9.74. The molecular formula is C13H22N4O2S2. The first-order valence-electron chi connectivity index (χ1n) is 6.94. The summed E-state index contributed by atoms with van der Waals surface area (Å²) in [6.45, 7) is 9.20. The van der Waals surface area contributed by atoms with E-state index in [1.54, 1.807) is 10.6 Å². The normalized spacial score (nSPS) is 13.0. The van der Waals surface area contributed by atoms with Crippen LogP contribution in [0.2, 0.25) is 0 Å². The van der Waals surface area contributed by atoms with E-state index >= 15 is 0 Å². The van der Waals surface area contributed by atoms with E-state index in [0.29, 0.717) is 23.9 Å². The van der Waals surface area contributed by atoms with E-state index in [1.807, 2.05) is 12.3 Å². The fourth-order valence-electron chi connectivity index (χ4n) is 1.93. The van der Waals surface area contributed by atoms with Gasteiger partial charge in [-0.2, -0.15) is 0 Å². The van der Waals surface area contributed by atoms with E-state index in [4.69, 9.17) is 0 Å². The highest BCUT2D eigenvalue weighted by molar-refractivity contribution is 7.89. The smallest absolute Gasteiger partial charge is 0.260 e. The summed E-state index contributed by atoms with van der Waals surface area (Å²) in [6.07, 6.45) is 2.50. The van der Waals surface area contributed by atoms with Gasteiger partial charge in [-0.15, -0.1) is 11.3 Å². The third-order valence-electron chi connectivity index (χ3n) is 2.98. The Morgan fingerprint density at radius 2 is 2.10 bits per heavy atom. The van der Waals surface area contributed by atoms with Gasteiger partial charge >= 0.3 is 0 Å². The van der Waals surface area contributed by atoms with Gasteiger partial charge in [0.15, 0.2) is 15.8 Å². The molecule has 118 valence electrons. The van der Waals surface area contributed by atoms with Gasteiger partial charge in [0, 0.05) is 24.7 Å². The number of nitrogens with one attached hydrogen (secondary N) is 2. The van der Waals surface area contributed by atoms with Crippen molar-refractivity contribution in [2.45, 2.75) is 39.1 Å². The van der Waals surface area contributed by atoms with Crippen LogP contribution in [-0.4, -0.2) is 30.9 Å². The van der Waals surface area contributed by atoms with Gasteiger partial charge in [-0.25, -0.2) is 18.1 Å². The maximum absolute atomic E-state index is 12.6. The van der Waals surface area contributed by atoms with E-state index in [-0.39, 0.29) is 10.4 Å². The van der Waals surface area contributed by atoms with Crippen LogP contribution in [0.4, 0.5) is 5.82 Å². The second-order valence-electron chi connectivity index (χ2n) is 6.06. The molecule has 2 aromatic rings. The number of thiazole rings is 1. The number of hydrogen-bond acceptors (Lipinski definition) is 5. The molecule has 2 N–H and O–H groups in total. The highest BCUT2D eigenvalue weighted by Gasteiger charge is 2.26. The third kappa shape index (κ3) is 3.75. The van der Waals surface area contributed by atoms with Crippen molar-refractivity contribution in [3.8, 4) is 0 Å². The summed E-state index contributed by atoms with van der Waals surface area (Å²) in [5.41, 5.74) is 0.0855. The predicted octanol–water partition coefficient (Wildman–Crippen LogP) is 2.54. The maximum atomic E-state index is 12.6. The molecule has 0 atom stereocenters. The number of nitrogens with zero attached hydrogens (tertiary/aromatic N) is 2. The Morgan fingerprint density at radius 3 is 2.71 bits per heavy atom. The Kier molecular flexibility index (Phi) is 4.60. The van der Waals surface area contributed by atoms with Crippen LogP contribution in [0.25, 0.3) is 4.96 Å². The lowest BCUT2D eigenvalue weighted by molar-refractivity contribution is 0.378. The van der Waals surface area contributed by atoms with Gasteiger partial charge in [-0.1, -0.05) is 20.8 Å². The lowest BCUT2D eigenvalue weighted by Gasteiger charge is -2.18. The number of aromatic nitrogens is 2. The van der Waals surface area contributed by atoms with E-state index < -0.39 is 10.0 Å². The van der Waals surface area contributed by atoms with Crippen LogP contribution in [0.5, 0.6) is 0 Å². The van der Waals surface area contributed by atoms with Gasteiger partial charge in [-0.05, 0) is 18.8 Å². The second kappa shape index (κ2) is 5.94. The average molecular weight is 330 g/mol. The van der Waals surface area contributed by atoms with Crippen LogP contribution in [-0.2, 0) is 10.0 Å². The van der Waals surface area contributed by atoms with E-state index in [2.05, 4.69) is 35.8 Å². The zero-order chi connectivity index (χ0) is 15.7. The summed E-state index contributed by atoms with van der Waals surface area (Å²) in [5, 5.41) is 5.03. The molecule has 0 spiro atoms. The quantitative estimate of drug-likeness (QED) is 0.853. The Balaban J connectivity index is 2.30. The molecule has 2 aromatic heterocycles. The number of rotatable bonds is 6. The predicted molar refractivity (Wildman–Crippen MR) is 86.5 cm³/mol. The minimum absolute atomic E-state index is 0.0855. The molecule has 0 saturated carbocycles. The molecule has 6 nitrogen and oxygen atoms in total. The van der Waals surface area contributed by atoms with Crippen molar-refractivity contribution in [2.75, 3.05) is 18.4 Å². The van der Waals surface area contributed by atoms with Crippen LogP contribution in [0.15, 0.2) is 16.6 Å². The summed E-state index contributed by atoms with van der Waals surface area (Å²) < 4.78 is 29.4. The Hall–Kier alpha value is -1.12. The standard InChI is InChI=1S/C13H22N4O2S2/c1-5-14-10-11(17-8-9-20-12(17)16-10)21(18,19)15-7-6-13(2,3)4/h8-9,14-15H,5-7H2,1-4H3. The van der Waals surface area contributed by atoms with Gasteiger partial charge in [0.1, 0.15) is 0 Å². The Bertz CT molecular complexity index is 710. The van der Waals surface area contributed by atoms with Gasteiger partial charge in [0.05, 0.1) is 0 Å². The molecule has 0 fully saturated rings. The van der Waals surface area contributed by atoms with Crippen LogP contribution in [0.3, 0.4) is 0 Å². The molecule has 0 aliphatic carbocycles. The Labute approximate surface area is 129 Å². The topological polar surface area (TPSA) is 75.5 Å². The number of fused-ring (bicyclic) bond motifs is 1. The minimum atomic E-state index is -3.59. The van der Waals surface area contributed by atoms with Crippen LogP contribution >= 0.6 is 11.3 Å². The highest BCUT2D eigenvalue weighted by atomic mass is 32.2. The van der Waals surface area contributed by atoms with Crippen molar-refractivity contribution in [1.29, 1.82) is 0 Å². The number of anilines is 1. The zero-order valence-electron chi connectivity index (χ0n) is 12.8. The first kappa shape index (κ1) is 16.3. The molecule has 2 heterocycles. The fourth-order valence-corrected chi connectivity index (χ4v) is 3.99. The molecule has 2 rings (SSSR count). The van der Waals surface area contributed by atoms with Crippen LogP contribution in [0, 0.1) is 5.41 Å². The highest BCUT2D eigenvalue weighted by Crippen LogP contribution is 2.26. The minimum Gasteiger partial charge on any atom is -0.368 e. The summed E-state index contributed by atoms with van der Waals surface area (Å²) in [4.78, 5) is 5.01. The zero-order valence-corrected chi connectivity index (χ0v) is 14.4. The van der Waals surface area contributed by atoms with Gasteiger partial charge in [0.2, 0.25) is 0 Å². The lowest BCUT2D eigenvalue weighted by atomic mass is 9.93. The van der Waals surface area contributed by atoms with Crippen molar-refractivity contribution >= 4 is 32.1 Å². The number of hydrogen-bond donors (Lipinski definition) is 2. The van der Waals surface area contributed by atoms with Gasteiger partial charge in [-0.3, -0.25) is 4.40 Å². The van der Waals surface area contributed by atoms with Crippen molar-refractivity contribution in [1.82, 2.24) is 14.1 Å². The molecule has 8 heteroatoms. The van der Waals surface area contributed by atoms with Gasteiger partial charge in [0.25, 0.3) is 10.0 Å². The molecule has 0 saturated heterocycles. The average Bonchev–Trinajstić information content (AvgIpc) is 2.86. The van der Waals surface area contributed by atoms with Crippen LogP contribution in [0.1, 0.15) is 34.1 Å². The summed E-state index contributed by atoms with van der Waals surface area (Å²) in [7, 11) is -3.59. The summed E-state index contributed by atoms with van der Waals surface area (Å²) in [6, 6.07) is 0. The van der Waals surface area contributed by atoms with Crippen LogP contribution < -0.4 is 10.0 Å². The van der Waals surface area contributed by atoms with Crippen molar-refractivity contribution < 1.29 is 8.42 Å². The lowest BCUT2D eigenvalue weighted by Crippen LogP contribution is -2.29. The molecule has 0 bridgehead atoms. The third-order valence-corrected chi connectivity index (χ3v) is 5.22. The number of imidazole rings is 1. The molecule has 0 unspecified atom stereocenters. The van der Waals surface area contributed by atoms with E-state index in [1.165, 1.54) is 11.3 Å². The maximum Gasteiger partial charge on any atom is 0.260 e. The largest absolute Gasteiger partial charge is 0.368 e. The molecule has 0 amide bonds. The first-order valence-corrected chi connectivity index (χ1v) is 9.30. The molecular weight excluding hydrogens is 308 g/mol. The molecule has 0 aromatic carbocycles. The molecule has 21 heavy (non-hydrogen) atoms.